The van der Waals surface area contributed by atoms with E-state index in [9.17, 15) is 4.79 Å². The van der Waals surface area contributed by atoms with Crippen LogP contribution in [0.15, 0.2) is 67.0 Å². The molecule has 2 aromatic carbocycles. The average molecular weight is 355 g/mol. The summed E-state index contributed by atoms with van der Waals surface area (Å²) in [6.45, 7) is 4.42. The number of halogens is 1. The van der Waals surface area contributed by atoms with Crippen LogP contribution in [0, 0.1) is 13.8 Å². The fourth-order valence-corrected chi connectivity index (χ4v) is 3.63. The topological polar surface area (TPSA) is 34.9 Å². The van der Waals surface area contributed by atoms with Crippen molar-refractivity contribution < 1.29 is 4.79 Å². The lowest BCUT2D eigenvalue weighted by atomic mass is 10.0. The van der Waals surface area contributed by atoms with Crippen molar-refractivity contribution in [2.75, 3.05) is 5.88 Å². The van der Waals surface area contributed by atoms with Gasteiger partial charge in [0.15, 0.2) is 12.4 Å². The third-order valence-electron chi connectivity index (χ3n) is 4.47. The van der Waals surface area contributed by atoms with Crippen LogP contribution in [-0.2, 0) is 11.5 Å². The number of rotatable bonds is 5. The lowest BCUT2D eigenvalue weighted by Crippen LogP contribution is -2.52. The van der Waals surface area contributed by atoms with Crippen LogP contribution in [-0.4, -0.2) is 21.6 Å². The normalized spacial score (nSPS) is 13.4. The van der Waals surface area contributed by atoms with Crippen LogP contribution in [0.3, 0.4) is 0 Å². The Bertz CT molecular complexity index is 842. The maximum absolute atomic E-state index is 13.3. The molecule has 0 N–H and O–H groups in total. The summed E-state index contributed by atoms with van der Waals surface area (Å²) in [5.74, 6) is -0.162. The van der Waals surface area contributed by atoms with E-state index in [-0.39, 0.29) is 16.3 Å². The molecule has 0 aliphatic carbocycles. The molecule has 0 aliphatic heterocycles. The number of carbonyl (C=O) groups excluding carboxylic acids is 1. The Kier molecular flexibility index (Phi) is 5.02. The van der Waals surface area contributed by atoms with Gasteiger partial charge in [0.2, 0.25) is 0 Å². The Morgan fingerprint density at radius 2 is 1.72 bits per heavy atom. The highest BCUT2D eigenvalue weighted by molar-refractivity contribution is 6.29. The van der Waals surface area contributed by atoms with Crippen LogP contribution in [0.1, 0.15) is 11.1 Å². The van der Waals surface area contributed by atoms with Crippen molar-refractivity contribution >= 4 is 28.9 Å². The minimum Gasteiger partial charge on any atom is -0.228 e. The van der Waals surface area contributed by atoms with E-state index in [0.717, 1.165) is 22.5 Å². The lowest BCUT2D eigenvalue weighted by Gasteiger charge is -2.36. The van der Waals surface area contributed by atoms with Crippen molar-refractivity contribution in [3.05, 3.63) is 78.1 Å². The minimum atomic E-state index is -0.0826. The first-order valence-corrected chi connectivity index (χ1v) is 8.70. The molecule has 0 spiro atoms. The van der Waals surface area contributed by atoms with Gasteiger partial charge in [0, 0.05) is 35.7 Å². The molecule has 1 amide bonds. The van der Waals surface area contributed by atoms with E-state index in [1.54, 1.807) is 10.9 Å². The summed E-state index contributed by atoms with van der Waals surface area (Å²) < 4.78 is 1.79. The smallest absolute Gasteiger partial charge is 0.228 e. The summed E-state index contributed by atoms with van der Waals surface area (Å²) in [5.41, 5.74) is 3.93. The van der Waals surface area contributed by atoms with Gasteiger partial charge in [-0.15, -0.1) is 11.6 Å². The van der Waals surface area contributed by atoms with Gasteiger partial charge in [-0.3, -0.25) is 0 Å². The number of aromatic nitrogens is 2. The predicted octanol–water partition coefficient (Wildman–Crippen LogP) is 4.56. The number of quaternary nitrogens is 1. The summed E-state index contributed by atoms with van der Waals surface area (Å²) in [6.07, 6.45) is 3.58. The second-order valence-electron chi connectivity index (χ2n) is 6.10. The van der Waals surface area contributed by atoms with Gasteiger partial charge in [-0.05, 0) is 19.9 Å². The minimum absolute atomic E-state index is 0.00449. The highest BCUT2D eigenvalue weighted by Gasteiger charge is 2.43. The first-order chi connectivity index (χ1) is 12.1. The Hall–Kier alpha value is -2.43. The monoisotopic (exact) mass is 354 g/mol. The zero-order chi connectivity index (χ0) is 17.9. The van der Waals surface area contributed by atoms with Crippen molar-refractivity contribution in [3.63, 3.8) is 0 Å². The molecule has 1 atom stereocenters. The SMILES string of the molecule is Cc1cccc(C)c1[N+](Cn1cccn1)(C(=O)CCl)c1ccccc1. The Labute approximate surface area is 152 Å². The summed E-state index contributed by atoms with van der Waals surface area (Å²) in [6, 6.07) is 17.7. The number of nitrogens with zero attached hydrogens (tertiary/aromatic N) is 3. The Balaban J connectivity index is 2.34. The van der Waals surface area contributed by atoms with Gasteiger partial charge in [-0.25, -0.2) is 9.48 Å². The molecular formula is C20H21ClN3O+. The second-order valence-corrected chi connectivity index (χ2v) is 6.37. The molecule has 0 aliphatic rings. The largest absolute Gasteiger partial charge is 0.340 e. The van der Waals surface area contributed by atoms with Gasteiger partial charge in [0.25, 0.3) is 0 Å². The van der Waals surface area contributed by atoms with Gasteiger partial charge in [0.1, 0.15) is 11.6 Å². The molecule has 0 radical (unpaired) electrons. The number of hydrogen-bond donors (Lipinski definition) is 0. The van der Waals surface area contributed by atoms with Crippen LogP contribution in [0.2, 0.25) is 0 Å². The third kappa shape index (κ3) is 3.11. The van der Waals surface area contributed by atoms with Crippen LogP contribution in [0.4, 0.5) is 11.4 Å². The maximum Gasteiger partial charge on any atom is 0.340 e. The van der Waals surface area contributed by atoms with E-state index in [2.05, 4.69) is 5.10 Å². The molecule has 1 unspecified atom stereocenters. The first-order valence-electron chi connectivity index (χ1n) is 8.17. The molecule has 5 heteroatoms. The van der Waals surface area contributed by atoms with Gasteiger partial charge < -0.3 is 0 Å². The number of aryl methyl sites for hydroxylation is 2. The molecule has 1 heterocycles. The van der Waals surface area contributed by atoms with E-state index in [4.69, 9.17) is 11.6 Å². The molecule has 0 saturated heterocycles. The van der Waals surface area contributed by atoms with Crippen LogP contribution < -0.4 is 4.48 Å². The number of carbonyl (C=O) groups is 1. The van der Waals surface area contributed by atoms with Gasteiger partial charge in [0.05, 0.1) is 0 Å². The fraction of sp³-hybridized carbons (Fsp3) is 0.200. The van der Waals surface area contributed by atoms with Gasteiger partial charge >= 0.3 is 5.91 Å². The lowest BCUT2D eigenvalue weighted by molar-refractivity contribution is -0.126. The van der Waals surface area contributed by atoms with Gasteiger partial charge in [-0.2, -0.15) is 9.58 Å². The molecule has 128 valence electrons. The van der Waals surface area contributed by atoms with Crippen molar-refractivity contribution in [1.82, 2.24) is 14.3 Å². The summed E-state index contributed by atoms with van der Waals surface area (Å²) in [4.78, 5) is 13.3. The molecule has 3 aromatic rings. The second kappa shape index (κ2) is 7.21. The van der Waals surface area contributed by atoms with Crippen LogP contribution in [0.25, 0.3) is 0 Å². The summed E-state index contributed by atoms with van der Waals surface area (Å²) in [5, 5.41) is 4.33. The van der Waals surface area contributed by atoms with Crippen molar-refractivity contribution in [2.24, 2.45) is 0 Å². The van der Waals surface area contributed by atoms with Crippen molar-refractivity contribution in [3.8, 4) is 0 Å². The molecule has 1 aromatic heterocycles. The van der Waals surface area contributed by atoms with E-state index >= 15 is 0 Å². The fourth-order valence-electron chi connectivity index (χ4n) is 3.42. The summed E-state index contributed by atoms with van der Waals surface area (Å²) in [7, 11) is 0. The molecular weight excluding hydrogens is 334 g/mol. The van der Waals surface area contributed by atoms with E-state index in [0.29, 0.717) is 6.67 Å². The number of para-hydroxylation sites is 2. The zero-order valence-corrected chi connectivity index (χ0v) is 15.1. The molecule has 0 bridgehead atoms. The summed E-state index contributed by atoms with van der Waals surface area (Å²) >= 11 is 6.09. The number of amides is 1. The molecule has 0 fully saturated rings. The molecule has 4 nitrogen and oxygen atoms in total. The highest BCUT2D eigenvalue weighted by atomic mass is 35.5. The number of benzene rings is 2. The van der Waals surface area contributed by atoms with E-state index in [1.165, 1.54) is 0 Å². The Morgan fingerprint density at radius 1 is 1.04 bits per heavy atom. The zero-order valence-electron chi connectivity index (χ0n) is 14.4. The quantitative estimate of drug-likeness (QED) is 0.497. The van der Waals surface area contributed by atoms with E-state index < -0.39 is 0 Å². The van der Waals surface area contributed by atoms with Crippen molar-refractivity contribution in [1.29, 1.82) is 0 Å². The molecule has 0 saturated carbocycles. The number of alkyl halides is 1. The highest BCUT2D eigenvalue weighted by Crippen LogP contribution is 2.40. The first kappa shape index (κ1) is 17.4. The molecule has 3 rings (SSSR count). The van der Waals surface area contributed by atoms with Crippen LogP contribution in [0.5, 0.6) is 0 Å². The van der Waals surface area contributed by atoms with Crippen LogP contribution >= 0.6 is 11.6 Å². The average Bonchev–Trinajstić information content (AvgIpc) is 3.13. The predicted molar refractivity (Wildman–Crippen MR) is 102 cm³/mol. The molecule has 25 heavy (non-hydrogen) atoms. The standard InChI is InChI=1S/C20H21ClN3O/c1-16-8-6-9-17(2)20(16)24(19(25)14-21,15-23-13-7-12-22-23)18-10-4-3-5-11-18/h3-13H,14-15H2,1-2H3/q+1. The Morgan fingerprint density at radius 3 is 2.28 bits per heavy atom. The third-order valence-corrected chi connectivity index (χ3v) is 4.70. The van der Waals surface area contributed by atoms with Gasteiger partial charge in [-0.1, -0.05) is 36.4 Å². The van der Waals surface area contributed by atoms with Crippen molar-refractivity contribution in [2.45, 2.75) is 20.5 Å². The van der Waals surface area contributed by atoms with E-state index in [1.807, 2.05) is 74.6 Å². The maximum atomic E-state index is 13.3. The number of hydrogen-bond acceptors (Lipinski definition) is 2.